The van der Waals surface area contributed by atoms with E-state index < -0.39 is 0 Å². The van der Waals surface area contributed by atoms with Gasteiger partial charge in [-0.1, -0.05) is 44.2 Å². The van der Waals surface area contributed by atoms with Crippen molar-refractivity contribution in [3.63, 3.8) is 0 Å². The van der Waals surface area contributed by atoms with Crippen LogP contribution in [0.4, 0.5) is 5.69 Å². The molecule has 1 aromatic carbocycles. The molecule has 114 valence electrons. The minimum atomic E-state index is 0.112. The Balaban J connectivity index is 1.72. The third-order valence-electron chi connectivity index (χ3n) is 5.07. The number of amides is 1. The minimum absolute atomic E-state index is 0.112. The molecular formula is C18H24ClNO. The van der Waals surface area contributed by atoms with Gasteiger partial charge in [-0.05, 0) is 36.0 Å². The third-order valence-corrected chi connectivity index (χ3v) is 5.50. The van der Waals surface area contributed by atoms with Crippen LogP contribution in [0.1, 0.15) is 61.4 Å². The molecule has 0 radical (unpaired) electrons. The SMILES string of the molecule is CN1C(=O)CCc2cc(C(Cl)CC3CCCCC3)ccc21. The fraction of sp³-hybridized carbons (Fsp3) is 0.611. The lowest BCUT2D eigenvalue weighted by Crippen LogP contribution is -2.31. The van der Waals surface area contributed by atoms with Crippen molar-refractivity contribution in [2.75, 3.05) is 11.9 Å². The molecule has 1 aromatic rings. The number of alkyl halides is 1. The van der Waals surface area contributed by atoms with E-state index >= 15 is 0 Å². The van der Waals surface area contributed by atoms with Crippen LogP contribution >= 0.6 is 11.6 Å². The van der Waals surface area contributed by atoms with E-state index in [0.29, 0.717) is 6.42 Å². The molecule has 1 aliphatic heterocycles. The lowest BCUT2D eigenvalue weighted by atomic mass is 9.84. The lowest BCUT2D eigenvalue weighted by Gasteiger charge is -2.27. The molecule has 1 fully saturated rings. The van der Waals surface area contributed by atoms with Crippen LogP contribution in [0, 0.1) is 5.92 Å². The maximum absolute atomic E-state index is 11.7. The predicted octanol–water partition coefficient (Wildman–Crippen LogP) is 4.85. The Kier molecular flexibility index (Phi) is 4.54. The summed E-state index contributed by atoms with van der Waals surface area (Å²) in [5, 5.41) is 0.112. The number of carbonyl (C=O) groups excluding carboxylic acids is 1. The van der Waals surface area contributed by atoms with Crippen molar-refractivity contribution in [3.8, 4) is 0 Å². The van der Waals surface area contributed by atoms with Gasteiger partial charge in [0.25, 0.3) is 0 Å². The number of fused-ring (bicyclic) bond motifs is 1. The highest BCUT2D eigenvalue weighted by Gasteiger charge is 2.23. The maximum atomic E-state index is 11.7. The van der Waals surface area contributed by atoms with Crippen molar-refractivity contribution < 1.29 is 4.79 Å². The van der Waals surface area contributed by atoms with Crippen molar-refractivity contribution in [1.82, 2.24) is 0 Å². The van der Waals surface area contributed by atoms with E-state index in [9.17, 15) is 4.79 Å². The van der Waals surface area contributed by atoms with Crippen molar-refractivity contribution in [3.05, 3.63) is 29.3 Å². The molecule has 0 spiro atoms. The molecule has 0 N–H and O–H groups in total. The van der Waals surface area contributed by atoms with Crippen molar-refractivity contribution in [2.45, 2.75) is 56.7 Å². The van der Waals surface area contributed by atoms with E-state index in [1.807, 2.05) is 7.05 Å². The molecule has 3 rings (SSSR count). The molecule has 1 heterocycles. The summed E-state index contributed by atoms with van der Waals surface area (Å²) in [4.78, 5) is 13.5. The first-order valence-electron chi connectivity index (χ1n) is 8.18. The van der Waals surface area contributed by atoms with Crippen molar-refractivity contribution in [2.24, 2.45) is 5.92 Å². The molecule has 21 heavy (non-hydrogen) atoms. The van der Waals surface area contributed by atoms with Gasteiger partial charge in [-0.25, -0.2) is 0 Å². The first-order valence-corrected chi connectivity index (χ1v) is 8.62. The summed E-state index contributed by atoms with van der Waals surface area (Å²) >= 11 is 6.67. The Morgan fingerprint density at radius 1 is 1.24 bits per heavy atom. The second-order valence-corrected chi connectivity index (χ2v) is 7.08. The van der Waals surface area contributed by atoms with E-state index in [2.05, 4.69) is 18.2 Å². The highest BCUT2D eigenvalue weighted by molar-refractivity contribution is 6.20. The number of nitrogens with zero attached hydrogens (tertiary/aromatic N) is 1. The summed E-state index contributed by atoms with van der Waals surface area (Å²) in [6, 6.07) is 6.39. The molecule has 0 saturated heterocycles. The van der Waals surface area contributed by atoms with Gasteiger partial charge in [-0.3, -0.25) is 4.79 Å². The van der Waals surface area contributed by atoms with E-state index in [4.69, 9.17) is 11.6 Å². The number of hydrogen-bond donors (Lipinski definition) is 0. The highest BCUT2D eigenvalue weighted by Crippen LogP contribution is 2.37. The van der Waals surface area contributed by atoms with Gasteiger partial charge in [-0.2, -0.15) is 0 Å². The largest absolute Gasteiger partial charge is 0.315 e. The van der Waals surface area contributed by atoms with Gasteiger partial charge in [0, 0.05) is 19.2 Å². The molecule has 1 atom stereocenters. The number of aryl methyl sites for hydroxylation is 1. The zero-order valence-corrected chi connectivity index (χ0v) is 13.5. The molecule has 1 amide bonds. The zero-order chi connectivity index (χ0) is 14.8. The van der Waals surface area contributed by atoms with Gasteiger partial charge < -0.3 is 4.90 Å². The average molecular weight is 306 g/mol. The van der Waals surface area contributed by atoms with Crippen LogP contribution in [0.25, 0.3) is 0 Å². The molecule has 0 aromatic heterocycles. The van der Waals surface area contributed by atoms with Gasteiger partial charge in [0.1, 0.15) is 0 Å². The predicted molar refractivity (Wildman–Crippen MR) is 88.0 cm³/mol. The zero-order valence-electron chi connectivity index (χ0n) is 12.8. The molecule has 2 nitrogen and oxygen atoms in total. The third kappa shape index (κ3) is 3.26. The monoisotopic (exact) mass is 305 g/mol. The van der Waals surface area contributed by atoms with E-state index in [1.165, 1.54) is 43.2 Å². The number of benzene rings is 1. The Bertz CT molecular complexity index is 522. The van der Waals surface area contributed by atoms with Gasteiger partial charge in [0.15, 0.2) is 0 Å². The smallest absolute Gasteiger partial charge is 0.227 e. The lowest BCUT2D eigenvalue weighted by molar-refractivity contribution is -0.118. The van der Waals surface area contributed by atoms with E-state index in [0.717, 1.165) is 24.4 Å². The number of carbonyl (C=O) groups is 1. The number of anilines is 1. The molecule has 0 bridgehead atoms. The molecule has 1 unspecified atom stereocenters. The van der Waals surface area contributed by atoms with Crippen LogP contribution in [0.2, 0.25) is 0 Å². The standard InChI is InChI=1S/C18H24ClNO/c1-20-17-9-7-14(12-15(17)8-10-18(20)21)16(19)11-13-5-3-2-4-6-13/h7,9,12-13,16H,2-6,8,10-11H2,1H3. The summed E-state index contributed by atoms with van der Waals surface area (Å²) < 4.78 is 0. The summed E-state index contributed by atoms with van der Waals surface area (Å²) in [6.45, 7) is 0. The molecular weight excluding hydrogens is 282 g/mol. The second-order valence-electron chi connectivity index (χ2n) is 6.55. The number of rotatable bonds is 3. The van der Waals surface area contributed by atoms with E-state index in [1.54, 1.807) is 4.90 Å². The summed E-state index contributed by atoms with van der Waals surface area (Å²) in [7, 11) is 1.86. The van der Waals surface area contributed by atoms with Crippen LogP contribution in [-0.2, 0) is 11.2 Å². The quantitative estimate of drug-likeness (QED) is 0.731. The Hall–Kier alpha value is -1.02. The highest BCUT2D eigenvalue weighted by atomic mass is 35.5. The first kappa shape index (κ1) is 14.9. The van der Waals surface area contributed by atoms with Gasteiger partial charge in [0.05, 0.1) is 5.38 Å². The fourth-order valence-corrected chi connectivity index (χ4v) is 4.11. The summed E-state index contributed by atoms with van der Waals surface area (Å²) in [5.41, 5.74) is 3.55. The fourth-order valence-electron chi connectivity index (χ4n) is 3.72. The van der Waals surface area contributed by atoms with Crippen molar-refractivity contribution >= 4 is 23.2 Å². The van der Waals surface area contributed by atoms with Gasteiger partial charge in [-0.15, -0.1) is 11.6 Å². The Morgan fingerprint density at radius 2 is 2.00 bits per heavy atom. The molecule has 3 heteroatoms. The minimum Gasteiger partial charge on any atom is -0.315 e. The summed E-state index contributed by atoms with van der Waals surface area (Å²) in [6.07, 6.45) is 9.35. The average Bonchev–Trinajstić information content (AvgIpc) is 2.51. The first-order chi connectivity index (χ1) is 10.1. The van der Waals surface area contributed by atoms with Crippen LogP contribution in [0.3, 0.4) is 0 Å². The normalized spacial score (nSPS) is 21.2. The van der Waals surface area contributed by atoms with Crippen LogP contribution in [-0.4, -0.2) is 13.0 Å². The van der Waals surface area contributed by atoms with Gasteiger partial charge in [0.2, 0.25) is 5.91 Å². The molecule has 1 aliphatic carbocycles. The molecule has 1 saturated carbocycles. The Labute approximate surface area is 132 Å². The summed E-state index contributed by atoms with van der Waals surface area (Å²) in [5.74, 6) is 1.00. The number of hydrogen-bond acceptors (Lipinski definition) is 1. The second kappa shape index (κ2) is 6.39. The van der Waals surface area contributed by atoms with Crippen LogP contribution < -0.4 is 4.90 Å². The Morgan fingerprint density at radius 3 is 2.76 bits per heavy atom. The van der Waals surface area contributed by atoms with Gasteiger partial charge >= 0.3 is 0 Å². The number of halogens is 1. The van der Waals surface area contributed by atoms with Crippen LogP contribution in [0.15, 0.2) is 18.2 Å². The topological polar surface area (TPSA) is 20.3 Å². The van der Waals surface area contributed by atoms with E-state index in [-0.39, 0.29) is 11.3 Å². The van der Waals surface area contributed by atoms with Crippen molar-refractivity contribution in [1.29, 1.82) is 0 Å². The molecule has 2 aliphatic rings. The maximum Gasteiger partial charge on any atom is 0.227 e. The van der Waals surface area contributed by atoms with Crippen LogP contribution in [0.5, 0.6) is 0 Å².